The molecule has 0 atom stereocenters. The molecule has 0 aliphatic rings. The van der Waals surface area contributed by atoms with Crippen molar-refractivity contribution in [2.75, 3.05) is 0 Å². The highest BCUT2D eigenvalue weighted by atomic mass is 19.1. The van der Waals surface area contributed by atoms with E-state index in [0.29, 0.717) is 0 Å². The molecule has 0 fully saturated rings. The molecule has 1 aromatic rings. The first-order valence-corrected chi connectivity index (χ1v) is 4.07. The summed E-state index contributed by atoms with van der Waals surface area (Å²) in [7, 11) is 0. The number of carbonyl (C=O) groups is 1. The molecule has 0 aromatic heterocycles. The summed E-state index contributed by atoms with van der Waals surface area (Å²) in [5.74, 6) is -1.93. The summed E-state index contributed by atoms with van der Waals surface area (Å²) in [5.41, 5.74) is -0.187. The van der Waals surface area contributed by atoms with Gasteiger partial charge in [0.1, 0.15) is 5.82 Å². The molecule has 0 bridgehead atoms. The van der Waals surface area contributed by atoms with Gasteiger partial charge < -0.3 is 5.11 Å². The number of nitro groups is 1. The molecule has 5 nitrogen and oxygen atoms in total. The van der Waals surface area contributed by atoms with E-state index in [0.717, 1.165) is 12.1 Å². The Morgan fingerprint density at radius 1 is 1.60 bits per heavy atom. The van der Waals surface area contributed by atoms with Crippen LogP contribution in [0.1, 0.15) is 11.1 Å². The molecule has 80 valence electrons. The predicted molar refractivity (Wildman–Crippen MR) is 49.1 cm³/mol. The van der Waals surface area contributed by atoms with E-state index in [1.54, 1.807) is 0 Å². The molecule has 0 heterocycles. The van der Waals surface area contributed by atoms with E-state index >= 15 is 0 Å². The van der Waals surface area contributed by atoms with Crippen LogP contribution in [0.4, 0.5) is 10.1 Å². The van der Waals surface area contributed by atoms with Gasteiger partial charge in [-0.3, -0.25) is 14.9 Å². The Labute approximate surface area is 84.3 Å². The van der Waals surface area contributed by atoms with Gasteiger partial charge in [-0.05, 0) is 18.6 Å². The lowest BCUT2D eigenvalue weighted by molar-refractivity contribution is -0.385. The van der Waals surface area contributed by atoms with Crippen molar-refractivity contribution in [2.24, 2.45) is 0 Å². The fourth-order valence-corrected chi connectivity index (χ4v) is 1.30. The third-order valence-electron chi connectivity index (χ3n) is 1.94. The molecule has 0 unspecified atom stereocenters. The number of hydrogen-bond donors (Lipinski definition) is 1. The first-order chi connectivity index (χ1) is 6.91. The zero-order chi connectivity index (χ0) is 11.6. The Balaban J connectivity index is 3.33. The van der Waals surface area contributed by atoms with Crippen LogP contribution in [0.5, 0.6) is 0 Å². The number of carboxylic acids is 1. The molecule has 0 saturated carbocycles. The molecule has 0 amide bonds. The molecule has 6 heteroatoms. The normalized spacial score (nSPS) is 10.0. The number of halogens is 1. The Bertz CT molecular complexity index is 430. The second-order valence-electron chi connectivity index (χ2n) is 3.05. The first kappa shape index (κ1) is 11.1. The fourth-order valence-electron chi connectivity index (χ4n) is 1.30. The molecule has 1 N–H and O–H groups in total. The lowest BCUT2D eigenvalue weighted by Crippen LogP contribution is -2.06. The quantitative estimate of drug-likeness (QED) is 0.611. The number of nitrogens with zero attached hydrogens (tertiary/aromatic N) is 1. The smallest absolute Gasteiger partial charge is 0.308 e. The van der Waals surface area contributed by atoms with E-state index in [-0.39, 0.29) is 11.1 Å². The molecule has 0 saturated heterocycles. The lowest BCUT2D eigenvalue weighted by atomic mass is 10.0. The molecular formula is C9H8FNO4. The molecule has 1 aromatic carbocycles. The maximum Gasteiger partial charge on any atom is 0.308 e. The van der Waals surface area contributed by atoms with Gasteiger partial charge in [0, 0.05) is 5.56 Å². The van der Waals surface area contributed by atoms with Crippen molar-refractivity contribution in [1.29, 1.82) is 0 Å². The van der Waals surface area contributed by atoms with Crippen molar-refractivity contribution in [3.05, 3.63) is 39.2 Å². The lowest BCUT2D eigenvalue weighted by Gasteiger charge is -2.04. The van der Waals surface area contributed by atoms with E-state index in [2.05, 4.69) is 0 Å². The van der Waals surface area contributed by atoms with Crippen molar-refractivity contribution in [1.82, 2.24) is 0 Å². The van der Waals surface area contributed by atoms with Gasteiger partial charge in [0.05, 0.1) is 17.4 Å². The minimum Gasteiger partial charge on any atom is -0.481 e. The number of hydrogen-bond acceptors (Lipinski definition) is 3. The molecule has 0 radical (unpaired) electrons. The molecular weight excluding hydrogens is 205 g/mol. The number of benzene rings is 1. The SMILES string of the molecule is Cc1cc(F)cc([N+](=O)[O-])c1CC(=O)O. The standard InChI is InChI=1S/C9H8FNO4/c1-5-2-6(10)3-8(11(14)15)7(5)4-9(12)13/h2-3H,4H2,1H3,(H,12,13). The highest BCUT2D eigenvalue weighted by Gasteiger charge is 2.19. The van der Waals surface area contributed by atoms with Gasteiger partial charge in [0.2, 0.25) is 0 Å². The molecule has 0 spiro atoms. The summed E-state index contributed by atoms with van der Waals surface area (Å²) in [6, 6.07) is 1.80. The number of carboxylic acid groups (broad SMARTS) is 1. The average molecular weight is 213 g/mol. The van der Waals surface area contributed by atoms with Gasteiger partial charge in [-0.15, -0.1) is 0 Å². The number of nitro benzene ring substituents is 1. The third kappa shape index (κ3) is 2.49. The molecule has 1 rings (SSSR count). The average Bonchev–Trinajstić information content (AvgIpc) is 2.08. The summed E-state index contributed by atoms with van der Waals surface area (Å²) < 4.78 is 12.9. The molecule has 15 heavy (non-hydrogen) atoms. The van der Waals surface area contributed by atoms with Gasteiger partial charge in [-0.25, -0.2) is 4.39 Å². The molecule has 0 aliphatic carbocycles. The summed E-state index contributed by atoms with van der Waals surface area (Å²) in [6.07, 6.45) is -0.484. The highest BCUT2D eigenvalue weighted by Crippen LogP contribution is 2.24. The van der Waals surface area contributed by atoms with Crippen LogP contribution in [0.2, 0.25) is 0 Å². The molecule has 0 aliphatic heterocycles. The zero-order valence-electron chi connectivity index (χ0n) is 7.86. The van der Waals surface area contributed by atoms with E-state index in [9.17, 15) is 19.3 Å². The fraction of sp³-hybridized carbons (Fsp3) is 0.222. The van der Waals surface area contributed by atoms with Gasteiger partial charge in [0.15, 0.2) is 0 Å². The Morgan fingerprint density at radius 3 is 2.67 bits per heavy atom. The Hall–Kier alpha value is -1.98. The summed E-state index contributed by atoms with van der Waals surface area (Å²) in [5, 5.41) is 19.1. The largest absolute Gasteiger partial charge is 0.481 e. The maximum absolute atomic E-state index is 12.9. The van der Waals surface area contributed by atoms with Crippen molar-refractivity contribution < 1.29 is 19.2 Å². The van der Waals surface area contributed by atoms with E-state index in [4.69, 9.17) is 5.11 Å². The van der Waals surface area contributed by atoms with Crippen molar-refractivity contribution in [3.63, 3.8) is 0 Å². The van der Waals surface area contributed by atoms with E-state index in [1.807, 2.05) is 0 Å². The summed E-state index contributed by atoms with van der Waals surface area (Å²) in [6.45, 7) is 1.44. The first-order valence-electron chi connectivity index (χ1n) is 4.07. The third-order valence-corrected chi connectivity index (χ3v) is 1.94. The van der Waals surface area contributed by atoms with Crippen LogP contribution in [0.25, 0.3) is 0 Å². The van der Waals surface area contributed by atoms with Crippen molar-refractivity contribution in [2.45, 2.75) is 13.3 Å². The Morgan fingerprint density at radius 2 is 2.20 bits per heavy atom. The monoisotopic (exact) mass is 213 g/mol. The van der Waals surface area contributed by atoms with Crippen LogP contribution in [0.3, 0.4) is 0 Å². The van der Waals surface area contributed by atoms with Crippen molar-refractivity contribution in [3.8, 4) is 0 Å². The van der Waals surface area contributed by atoms with Crippen LogP contribution in [0.15, 0.2) is 12.1 Å². The van der Waals surface area contributed by atoms with Crippen LogP contribution in [-0.2, 0) is 11.2 Å². The number of rotatable bonds is 3. The second kappa shape index (κ2) is 4.04. The number of aryl methyl sites for hydroxylation is 1. The second-order valence-corrected chi connectivity index (χ2v) is 3.05. The summed E-state index contributed by atoms with van der Waals surface area (Å²) in [4.78, 5) is 20.2. The minimum atomic E-state index is -1.19. The van der Waals surface area contributed by atoms with Gasteiger partial charge in [-0.2, -0.15) is 0 Å². The van der Waals surface area contributed by atoms with Gasteiger partial charge >= 0.3 is 5.97 Å². The summed E-state index contributed by atoms with van der Waals surface area (Å²) >= 11 is 0. The van der Waals surface area contributed by atoms with E-state index < -0.39 is 28.8 Å². The van der Waals surface area contributed by atoms with Crippen LogP contribution < -0.4 is 0 Å². The zero-order valence-corrected chi connectivity index (χ0v) is 7.86. The van der Waals surface area contributed by atoms with Gasteiger partial charge in [0.25, 0.3) is 5.69 Å². The van der Waals surface area contributed by atoms with Gasteiger partial charge in [-0.1, -0.05) is 0 Å². The van der Waals surface area contributed by atoms with E-state index in [1.165, 1.54) is 6.92 Å². The van der Waals surface area contributed by atoms with Crippen LogP contribution in [-0.4, -0.2) is 16.0 Å². The Kier molecular flexibility index (Phi) is 2.99. The number of aliphatic carboxylic acids is 1. The maximum atomic E-state index is 12.9. The van der Waals surface area contributed by atoms with Crippen LogP contribution in [0, 0.1) is 22.9 Å². The topological polar surface area (TPSA) is 80.4 Å². The minimum absolute atomic E-state index is 0.0360. The predicted octanol–water partition coefficient (Wildman–Crippen LogP) is 1.67. The van der Waals surface area contributed by atoms with Crippen molar-refractivity contribution >= 4 is 11.7 Å². The van der Waals surface area contributed by atoms with Crippen LogP contribution >= 0.6 is 0 Å². The highest BCUT2D eigenvalue weighted by molar-refractivity contribution is 5.72.